The number of hydrogen-bond acceptors (Lipinski definition) is 2. The van der Waals surface area contributed by atoms with Crippen molar-refractivity contribution >= 4 is 34.5 Å². The highest BCUT2D eigenvalue weighted by atomic mass is 32.1. The van der Waals surface area contributed by atoms with E-state index in [4.69, 9.17) is 12.2 Å². The van der Waals surface area contributed by atoms with Gasteiger partial charge >= 0.3 is 0 Å². The summed E-state index contributed by atoms with van der Waals surface area (Å²) in [5, 5.41) is 3.13. The van der Waals surface area contributed by atoms with E-state index in [1.807, 2.05) is 31.2 Å². The summed E-state index contributed by atoms with van der Waals surface area (Å²) in [6.45, 7) is 3.42. The molecule has 1 aromatic carbocycles. The molecule has 0 spiro atoms. The number of carbonyl (C=O) groups is 1. The van der Waals surface area contributed by atoms with E-state index < -0.39 is 0 Å². The third-order valence-corrected chi connectivity index (χ3v) is 2.86. The lowest BCUT2D eigenvalue weighted by Gasteiger charge is -2.17. The van der Waals surface area contributed by atoms with Gasteiger partial charge in [-0.05, 0) is 19.1 Å². The number of para-hydroxylation sites is 2. The van der Waals surface area contributed by atoms with Crippen molar-refractivity contribution in [2.75, 3.05) is 10.2 Å². The molecule has 0 bridgehead atoms. The number of carbonyl (C=O) groups excluding carboxylic acids is 1. The van der Waals surface area contributed by atoms with E-state index in [-0.39, 0.29) is 5.91 Å². The SMILES string of the molecule is CC(=O)N1C=C(C)C(=S)Nc2ccccc21. The number of benzene rings is 1. The van der Waals surface area contributed by atoms with Gasteiger partial charge < -0.3 is 5.32 Å². The summed E-state index contributed by atoms with van der Waals surface area (Å²) in [6.07, 6.45) is 1.77. The first kappa shape index (κ1) is 10.8. The Hall–Kier alpha value is -1.68. The van der Waals surface area contributed by atoms with Crippen LogP contribution in [0.2, 0.25) is 0 Å². The smallest absolute Gasteiger partial charge is 0.228 e. The first-order chi connectivity index (χ1) is 7.59. The summed E-state index contributed by atoms with van der Waals surface area (Å²) >= 11 is 5.21. The van der Waals surface area contributed by atoms with E-state index in [9.17, 15) is 4.79 Å². The molecule has 2 rings (SSSR count). The van der Waals surface area contributed by atoms with E-state index in [2.05, 4.69) is 5.32 Å². The summed E-state index contributed by atoms with van der Waals surface area (Å²) < 4.78 is 0. The third kappa shape index (κ3) is 1.84. The minimum Gasteiger partial charge on any atom is -0.345 e. The second-order valence-electron chi connectivity index (χ2n) is 3.67. The van der Waals surface area contributed by atoms with Gasteiger partial charge in [0.1, 0.15) is 4.99 Å². The highest BCUT2D eigenvalue weighted by Crippen LogP contribution is 2.29. The molecule has 0 aliphatic carbocycles. The molecule has 0 radical (unpaired) electrons. The largest absolute Gasteiger partial charge is 0.345 e. The Bertz CT molecular complexity index is 494. The van der Waals surface area contributed by atoms with Gasteiger partial charge in [0, 0.05) is 18.7 Å². The molecule has 0 aromatic heterocycles. The lowest BCUT2D eigenvalue weighted by molar-refractivity contribution is -0.116. The number of hydrogen-bond donors (Lipinski definition) is 1. The first-order valence-electron chi connectivity index (χ1n) is 4.98. The number of fused-ring (bicyclic) bond motifs is 1. The molecule has 0 atom stereocenters. The molecule has 82 valence electrons. The summed E-state index contributed by atoms with van der Waals surface area (Å²) in [4.78, 5) is 13.8. The average Bonchev–Trinajstić information content (AvgIpc) is 2.37. The maximum Gasteiger partial charge on any atom is 0.228 e. The zero-order chi connectivity index (χ0) is 11.7. The van der Waals surface area contributed by atoms with Crippen LogP contribution in [0.25, 0.3) is 0 Å². The summed E-state index contributed by atoms with van der Waals surface area (Å²) in [7, 11) is 0. The van der Waals surface area contributed by atoms with Crippen molar-refractivity contribution in [1.29, 1.82) is 0 Å². The fourth-order valence-electron chi connectivity index (χ4n) is 1.59. The quantitative estimate of drug-likeness (QED) is 0.698. The van der Waals surface area contributed by atoms with Crippen molar-refractivity contribution in [3.05, 3.63) is 36.0 Å². The van der Waals surface area contributed by atoms with Gasteiger partial charge in [0.15, 0.2) is 0 Å². The molecule has 16 heavy (non-hydrogen) atoms. The van der Waals surface area contributed by atoms with Crippen LogP contribution in [0.1, 0.15) is 13.8 Å². The normalized spacial score (nSPS) is 14.8. The Morgan fingerprint density at radius 2 is 2.06 bits per heavy atom. The van der Waals surface area contributed by atoms with Gasteiger partial charge in [-0.1, -0.05) is 24.4 Å². The first-order valence-corrected chi connectivity index (χ1v) is 5.39. The van der Waals surface area contributed by atoms with E-state index in [1.54, 1.807) is 11.1 Å². The number of nitrogens with zero attached hydrogens (tertiary/aromatic N) is 1. The summed E-state index contributed by atoms with van der Waals surface area (Å²) in [5.74, 6) is -0.0294. The Balaban J connectivity index is 2.59. The molecule has 0 fully saturated rings. The number of nitrogens with one attached hydrogen (secondary N) is 1. The van der Waals surface area contributed by atoms with Gasteiger partial charge in [-0.25, -0.2) is 0 Å². The van der Waals surface area contributed by atoms with Crippen LogP contribution in [-0.2, 0) is 4.79 Å². The van der Waals surface area contributed by atoms with Crippen molar-refractivity contribution in [1.82, 2.24) is 0 Å². The number of thiocarbonyl (C=S) groups is 1. The molecule has 0 unspecified atom stereocenters. The summed E-state index contributed by atoms with van der Waals surface area (Å²) in [5.41, 5.74) is 2.56. The van der Waals surface area contributed by atoms with Gasteiger partial charge in [0.25, 0.3) is 0 Å². The monoisotopic (exact) mass is 232 g/mol. The number of anilines is 2. The van der Waals surface area contributed by atoms with Crippen LogP contribution in [0.3, 0.4) is 0 Å². The van der Waals surface area contributed by atoms with Gasteiger partial charge in [0.05, 0.1) is 11.4 Å². The van der Waals surface area contributed by atoms with Gasteiger partial charge in [-0.2, -0.15) is 0 Å². The maximum atomic E-state index is 11.6. The molecule has 4 heteroatoms. The van der Waals surface area contributed by atoms with Crippen LogP contribution in [0.15, 0.2) is 36.0 Å². The fraction of sp³-hybridized carbons (Fsp3) is 0.167. The molecule has 3 nitrogen and oxygen atoms in total. The second-order valence-corrected chi connectivity index (χ2v) is 4.08. The lowest BCUT2D eigenvalue weighted by atomic mass is 10.2. The highest BCUT2D eigenvalue weighted by Gasteiger charge is 2.18. The molecule has 1 heterocycles. The predicted octanol–water partition coefficient (Wildman–Crippen LogP) is 2.70. The van der Waals surface area contributed by atoms with Crippen LogP contribution in [0.4, 0.5) is 11.4 Å². The molecule has 0 saturated carbocycles. The zero-order valence-corrected chi connectivity index (χ0v) is 9.97. The van der Waals surface area contributed by atoms with E-state index in [0.29, 0.717) is 4.99 Å². The molecule has 1 amide bonds. The Morgan fingerprint density at radius 3 is 2.75 bits per heavy atom. The molecule has 1 aliphatic rings. The van der Waals surface area contributed by atoms with E-state index in [0.717, 1.165) is 16.9 Å². The topological polar surface area (TPSA) is 32.3 Å². The van der Waals surface area contributed by atoms with Gasteiger partial charge in [0.2, 0.25) is 5.91 Å². The number of amides is 1. The molecule has 1 aromatic rings. The van der Waals surface area contributed by atoms with Crippen LogP contribution < -0.4 is 10.2 Å². The minimum atomic E-state index is -0.0294. The summed E-state index contributed by atoms with van der Waals surface area (Å²) in [6, 6.07) is 7.60. The fourth-order valence-corrected chi connectivity index (χ4v) is 1.76. The predicted molar refractivity (Wildman–Crippen MR) is 69.6 cm³/mol. The molecule has 1 N–H and O–H groups in total. The second kappa shape index (κ2) is 4.06. The van der Waals surface area contributed by atoms with Crippen molar-refractivity contribution in [3.63, 3.8) is 0 Å². The zero-order valence-electron chi connectivity index (χ0n) is 9.15. The standard InChI is InChI=1S/C12H12N2OS/c1-8-7-14(9(2)15)11-6-4-3-5-10(11)13-12(8)16/h3-7H,1-2H3,(H,13,16). The Labute approximate surface area is 99.8 Å². The molecular formula is C12H12N2OS. The van der Waals surface area contributed by atoms with E-state index >= 15 is 0 Å². The number of rotatable bonds is 0. The van der Waals surface area contributed by atoms with Gasteiger partial charge in [-0.15, -0.1) is 0 Å². The van der Waals surface area contributed by atoms with E-state index in [1.165, 1.54) is 6.92 Å². The molecule has 0 saturated heterocycles. The maximum absolute atomic E-state index is 11.6. The third-order valence-electron chi connectivity index (χ3n) is 2.43. The Kier molecular flexibility index (Phi) is 2.75. The Morgan fingerprint density at radius 1 is 1.38 bits per heavy atom. The van der Waals surface area contributed by atoms with Crippen molar-refractivity contribution in [3.8, 4) is 0 Å². The lowest BCUT2D eigenvalue weighted by Crippen LogP contribution is -2.22. The highest BCUT2D eigenvalue weighted by molar-refractivity contribution is 7.81. The van der Waals surface area contributed by atoms with Crippen LogP contribution in [0.5, 0.6) is 0 Å². The average molecular weight is 232 g/mol. The molecular weight excluding hydrogens is 220 g/mol. The van der Waals surface area contributed by atoms with Gasteiger partial charge in [-0.3, -0.25) is 9.69 Å². The van der Waals surface area contributed by atoms with Crippen LogP contribution >= 0.6 is 12.2 Å². The van der Waals surface area contributed by atoms with Crippen molar-refractivity contribution < 1.29 is 4.79 Å². The van der Waals surface area contributed by atoms with Crippen molar-refractivity contribution in [2.45, 2.75) is 13.8 Å². The van der Waals surface area contributed by atoms with Crippen LogP contribution in [0, 0.1) is 0 Å². The molecule has 1 aliphatic heterocycles. The minimum absolute atomic E-state index is 0.0294. The van der Waals surface area contributed by atoms with Crippen molar-refractivity contribution in [2.24, 2.45) is 0 Å². The van der Waals surface area contributed by atoms with Crippen LogP contribution in [-0.4, -0.2) is 10.9 Å².